The van der Waals surface area contributed by atoms with Crippen molar-refractivity contribution in [1.82, 2.24) is 0 Å². The first kappa shape index (κ1) is 21.7. The third-order valence-corrected chi connectivity index (χ3v) is 21.2. The Kier molecular flexibility index (Phi) is 7.28. The predicted molar refractivity (Wildman–Crippen MR) is 111 cm³/mol. The van der Waals surface area contributed by atoms with Gasteiger partial charge in [0.25, 0.3) is 0 Å². The summed E-state index contributed by atoms with van der Waals surface area (Å²) in [7, 11) is -4.12. The molecular weight excluding hydrogens is 375 g/mol. The quantitative estimate of drug-likeness (QED) is 0.373. The normalized spacial score (nSPS) is 22.2. The Hall–Kier alpha value is 1.74. The molecule has 0 rings (SSSR count). The molecule has 0 aromatic heterocycles. The van der Waals surface area contributed by atoms with Crippen molar-refractivity contribution in [3.05, 3.63) is 0 Å². The molecular formula is C13H33Cl3Si4. The topological polar surface area (TPSA) is 0 Å². The Bertz CT molecular complexity index is 278. The highest BCUT2D eigenvalue weighted by Gasteiger charge is 2.55. The summed E-state index contributed by atoms with van der Waals surface area (Å²) >= 11 is 20.6. The van der Waals surface area contributed by atoms with Crippen molar-refractivity contribution in [2.45, 2.75) is 81.7 Å². The summed E-state index contributed by atoms with van der Waals surface area (Å²) in [6, 6.07) is 0. The summed E-state index contributed by atoms with van der Waals surface area (Å²) in [4.78, 5) is 0. The molecule has 0 heterocycles. The zero-order valence-corrected chi connectivity index (χ0v) is 22.1. The molecule has 0 fully saturated rings. The average molecular weight is 408 g/mol. The van der Waals surface area contributed by atoms with Crippen molar-refractivity contribution in [1.29, 1.82) is 0 Å². The van der Waals surface area contributed by atoms with E-state index in [1.54, 1.807) is 0 Å². The maximum absolute atomic E-state index is 6.86. The van der Waals surface area contributed by atoms with Crippen LogP contribution in [0, 0.1) is 0 Å². The lowest BCUT2D eigenvalue weighted by Crippen LogP contribution is -2.48. The van der Waals surface area contributed by atoms with Gasteiger partial charge in [0.05, 0.1) is 0 Å². The van der Waals surface area contributed by atoms with Crippen molar-refractivity contribution in [2.24, 2.45) is 0 Å². The molecule has 3 atom stereocenters. The molecule has 0 nitrogen and oxygen atoms in total. The average Bonchev–Trinajstić information content (AvgIpc) is 2.21. The van der Waals surface area contributed by atoms with Crippen molar-refractivity contribution in [2.75, 3.05) is 0 Å². The molecule has 0 aliphatic carbocycles. The van der Waals surface area contributed by atoms with Crippen molar-refractivity contribution >= 4 is 65.6 Å². The van der Waals surface area contributed by atoms with Crippen LogP contribution in [0.5, 0.6) is 0 Å². The molecule has 0 radical (unpaired) electrons. The van der Waals surface area contributed by atoms with Gasteiger partial charge in [0, 0.05) is 10.2 Å². The summed E-state index contributed by atoms with van der Waals surface area (Å²) in [5, 5.41) is 0.256. The smallest absolute Gasteiger partial charge is 0.153 e. The van der Waals surface area contributed by atoms with Crippen LogP contribution in [0.25, 0.3) is 0 Å². The Morgan fingerprint density at radius 2 is 0.800 bits per heavy atom. The van der Waals surface area contributed by atoms with E-state index in [4.69, 9.17) is 33.2 Å². The molecule has 0 bridgehead atoms. The monoisotopic (exact) mass is 406 g/mol. The molecule has 0 aromatic carbocycles. The standard InChI is InChI=1S/C13H33Cl3Si4/c1-10(18(4,5)14)13(17,11(2)19(6,7)15)12(3)20(8,9)16/h10-12H,1-9,17H3. The maximum atomic E-state index is 6.86. The van der Waals surface area contributed by atoms with Gasteiger partial charge in [0.2, 0.25) is 0 Å². The molecule has 0 aliphatic rings. The van der Waals surface area contributed by atoms with Gasteiger partial charge in [-0.3, -0.25) is 0 Å². The summed E-state index contributed by atoms with van der Waals surface area (Å²) in [5.74, 6) is 0. The van der Waals surface area contributed by atoms with Gasteiger partial charge >= 0.3 is 0 Å². The summed E-state index contributed by atoms with van der Waals surface area (Å²) in [6.07, 6.45) is 0. The van der Waals surface area contributed by atoms with Crippen LogP contribution in [0.15, 0.2) is 0 Å². The number of halogens is 3. The first-order valence-electron chi connectivity index (χ1n) is 7.53. The van der Waals surface area contributed by atoms with Crippen molar-refractivity contribution < 1.29 is 0 Å². The van der Waals surface area contributed by atoms with Crippen molar-refractivity contribution in [3.63, 3.8) is 0 Å². The van der Waals surface area contributed by atoms with Crippen LogP contribution >= 0.6 is 33.2 Å². The molecule has 0 amide bonds. The van der Waals surface area contributed by atoms with Gasteiger partial charge in [0.1, 0.15) is 0 Å². The van der Waals surface area contributed by atoms with Crippen LogP contribution in [0.1, 0.15) is 20.8 Å². The van der Waals surface area contributed by atoms with Crippen LogP contribution in [0.4, 0.5) is 0 Å². The van der Waals surface area contributed by atoms with E-state index < -0.39 is 22.2 Å². The molecule has 0 saturated heterocycles. The van der Waals surface area contributed by atoms with Gasteiger partial charge in [-0.25, -0.2) is 0 Å². The minimum absolute atomic E-state index is 0.256. The Morgan fingerprint density at radius 1 is 0.650 bits per heavy atom. The second-order valence-corrected chi connectivity index (χ2v) is 30.7. The van der Waals surface area contributed by atoms with E-state index in [0.717, 1.165) is 10.2 Å². The number of hydrogen-bond acceptors (Lipinski definition) is 0. The van der Waals surface area contributed by atoms with Gasteiger partial charge in [-0.15, -0.1) is 0 Å². The van der Waals surface area contributed by atoms with E-state index in [0.29, 0.717) is 16.6 Å². The molecule has 0 aromatic rings. The second-order valence-electron chi connectivity index (χ2n) is 8.22. The molecule has 122 valence electrons. The van der Waals surface area contributed by atoms with Gasteiger partial charge in [-0.2, -0.15) is 33.2 Å². The van der Waals surface area contributed by atoms with Gasteiger partial charge < -0.3 is 0 Å². The van der Waals surface area contributed by atoms with Crippen LogP contribution < -0.4 is 0 Å². The minimum atomic E-state index is -1.75. The molecule has 0 aliphatic heterocycles. The van der Waals surface area contributed by atoms with Gasteiger partial charge in [0.15, 0.2) is 22.2 Å². The third-order valence-electron chi connectivity index (χ3n) is 5.89. The van der Waals surface area contributed by atoms with E-state index in [1.807, 2.05) is 0 Å². The highest BCUT2D eigenvalue weighted by atomic mass is 35.6. The van der Waals surface area contributed by atoms with Crippen LogP contribution in [0.3, 0.4) is 0 Å². The predicted octanol–water partition coefficient (Wildman–Crippen LogP) is 6.01. The van der Waals surface area contributed by atoms with E-state index >= 15 is 0 Å². The third kappa shape index (κ3) is 4.87. The molecule has 3 unspecified atom stereocenters. The Balaban J connectivity index is 5.95. The lowest BCUT2D eigenvalue weighted by Gasteiger charge is -2.54. The van der Waals surface area contributed by atoms with E-state index in [-0.39, 0.29) is 5.04 Å². The first-order valence-corrected chi connectivity index (χ1v) is 20.8. The molecule has 0 N–H and O–H groups in total. The molecule has 0 spiro atoms. The Morgan fingerprint density at radius 3 is 0.900 bits per heavy atom. The summed E-state index contributed by atoms with van der Waals surface area (Å²) < 4.78 is 0. The second kappa shape index (κ2) is 6.69. The Labute approximate surface area is 146 Å². The maximum Gasteiger partial charge on any atom is 0.153 e. The van der Waals surface area contributed by atoms with Gasteiger partial charge in [-0.05, 0) is 21.7 Å². The van der Waals surface area contributed by atoms with E-state index in [1.165, 1.54) is 0 Å². The lowest BCUT2D eigenvalue weighted by atomic mass is 9.96. The van der Waals surface area contributed by atoms with Crippen molar-refractivity contribution in [3.8, 4) is 0 Å². The largest absolute Gasteiger partial charge is 0.167 e. The summed E-state index contributed by atoms with van der Waals surface area (Å²) in [5.41, 5.74) is 1.64. The van der Waals surface area contributed by atoms with Crippen LogP contribution in [-0.2, 0) is 0 Å². The molecule has 7 heteroatoms. The minimum Gasteiger partial charge on any atom is -0.167 e. The first-order chi connectivity index (χ1) is 8.46. The van der Waals surface area contributed by atoms with Crippen LogP contribution in [0.2, 0.25) is 60.9 Å². The lowest BCUT2D eigenvalue weighted by molar-refractivity contribution is 0.480. The number of hydrogen-bond donors (Lipinski definition) is 0. The molecule has 20 heavy (non-hydrogen) atoms. The fourth-order valence-corrected chi connectivity index (χ4v) is 20.0. The summed E-state index contributed by atoms with van der Waals surface area (Å²) in [6.45, 7) is 20.8. The highest BCUT2D eigenvalue weighted by molar-refractivity contribution is 7.22. The fourth-order valence-electron chi connectivity index (χ4n) is 3.34. The van der Waals surface area contributed by atoms with Gasteiger partial charge in [-0.1, -0.05) is 60.1 Å². The zero-order valence-electron chi connectivity index (χ0n) is 14.9. The SMILES string of the molecule is CC(C([SiH3])(C(C)[Si](C)(C)Cl)C(C)[Si](C)(C)Cl)[Si](C)(C)Cl. The fraction of sp³-hybridized carbons (Fsp3) is 1.00. The molecule has 0 saturated carbocycles. The zero-order chi connectivity index (χ0) is 16.7. The van der Waals surface area contributed by atoms with Crippen LogP contribution in [-0.4, -0.2) is 32.4 Å². The van der Waals surface area contributed by atoms with E-state index in [2.05, 4.69) is 60.1 Å². The number of rotatable bonds is 6. The highest BCUT2D eigenvalue weighted by Crippen LogP contribution is 2.65. The van der Waals surface area contributed by atoms with E-state index in [9.17, 15) is 0 Å².